The molecule has 0 unspecified atom stereocenters. The SMILES string of the molecule is COc1ccc(S(=O)(=O)C[C@H]2CCOC2)cc1C(=O)Nc1cc(C)c(F)cn1. The summed E-state index contributed by atoms with van der Waals surface area (Å²) in [5, 5.41) is 2.54. The highest BCUT2D eigenvalue weighted by molar-refractivity contribution is 7.91. The van der Waals surface area contributed by atoms with Crippen LogP contribution >= 0.6 is 0 Å². The van der Waals surface area contributed by atoms with Crippen molar-refractivity contribution >= 4 is 21.6 Å². The maximum Gasteiger partial charge on any atom is 0.260 e. The van der Waals surface area contributed by atoms with Crippen LogP contribution in [0.4, 0.5) is 10.2 Å². The van der Waals surface area contributed by atoms with Crippen molar-refractivity contribution in [3.63, 3.8) is 0 Å². The molecule has 0 aliphatic carbocycles. The van der Waals surface area contributed by atoms with Crippen molar-refractivity contribution in [1.82, 2.24) is 4.98 Å². The Labute approximate surface area is 162 Å². The van der Waals surface area contributed by atoms with Crippen molar-refractivity contribution in [2.75, 3.05) is 31.4 Å². The number of anilines is 1. The Morgan fingerprint density at radius 3 is 2.82 bits per heavy atom. The molecule has 7 nitrogen and oxygen atoms in total. The molecule has 28 heavy (non-hydrogen) atoms. The number of carbonyl (C=O) groups excluding carboxylic acids is 1. The lowest BCUT2D eigenvalue weighted by Gasteiger charge is -2.13. The molecule has 2 heterocycles. The maximum atomic E-state index is 13.4. The number of amides is 1. The standard InChI is InChI=1S/C19H21FN2O5S/c1-12-7-18(21-9-16(12)20)22-19(23)15-8-14(3-4-17(15)26-2)28(24,25)11-13-5-6-27-10-13/h3-4,7-9,13H,5-6,10-11H2,1-2H3,(H,21,22,23)/t13-/m0/s1. The Morgan fingerprint density at radius 1 is 1.39 bits per heavy atom. The number of aromatic nitrogens is 1. The van der Waals surface area contributed by atoms with Gasteiger partial charge in [0.1, 0.15) is 17.4 Å². The van der Waals surface area contributed by atoms with Gasteiger partial charge in [-0.2, -0.15) is 0 Å². The van der Waals surface area contributed by atoms with Crippen molar-refractivity contribution in [3.8, 4) is 5.75 Å². The minimum absolute atomic E-state index is 0.0357. The van der Waals surface area contributed by atoms with E-state index in [9.17, 15) is 17.6 Å². The molecule has 1 aliphatic heterocycles. The first-order chi connectivity index (χ1) is 13.3. The van der Waals surface area contributed by atoms with E-state index in [1.54, 1.807) is 6.92 Å². The van der Waals surface area contributed by atoms with Crippen molar-refractivity contribution in [2.24, 2.45) is 5.92 Å². The summed E-state index contributed by atoms with van der Waals surface area (Å²) >= 11 is 0. The van der Waals surface area contributed by atoms with Crippen LogP contribution in [-0.2, 0) is 14.6 Å². The third-order valence-corrected chi connectivity index (χ3v) is 6.42. The zero-order chi connectivity index (χ0) is 20.3. The molecule has 150 valence electrons. The topological polar surface area (TPSA) is 94.6 Å². The number of nitrogens with zero attached hydrogens (tertiary/aromatic N) is 1. The van der Waals surface area contributed by atoms with Crippen molar-refractivity contribution in [1.29, 1.82) is 0 Å². The third-order valence-electron chi connectivity index (χ3n) is 4.54. The van der Waals surface area contributed by atoms with E-state index < -0.39 is 21.6 Å². The Kier molecular flexibility index (Phi) is 5.95. The lowest BCUT2D eigenvalue weighted by molar-refractivity contribution is 0.102. The fourth-order valence-corrected chi connectivity index (χ4v) is 4.62. The van der Waals surface area contributed by atoms with E-state index in [2.05, 4.69) is 10.3 Å². The van der Waals surface area contributed by atoms with Gasteiger partial charge in [-0.3, -0.25) is 4.79 Å². The van der Waals surface area contributed by atoms with E-state index in [4.69, 9.17) is 9.47 Å². The number of hydrogen-bond acceptors (Lipinski definition) is 6. The van der Waals surface area contributed by atoms with E-state index in [1.165, 1.54) is 31.4 Å². The number of carbonyl (C=O) groups is 1. The molecule has 1 aliphatic rings. The van der Waals surface area contributed by atoms with Crippen LogP contribution in [0.3, 0.4) is 0 Å². The second-order valence-corrected chi connectivity index (χ2v) is 8.68. The summed E-state index contributed by atoms with van der Waals surface area (Å²) in [6.07, 6.45) is 1.70. The fraction of sp³-hybridized carbons (Fsp3) is 0.368. The summed E-state index contributed by atoms with van der Waals surface area (Å²) in [7, 11) is -2.21. The van der Waals surface area contributed by atoms with Gasteiger partial charge in [-0.05, 0) is 49.1 Å². The Hall–Kier alpha value is -2.52. The van der Waals surface area contributed by atoms with E-state index in [0.717, 1.165) is 6.20 Å². The van der Waals surface area contributed by atoms with Crippen LogP contribution in [0, 0.1) is 18.7 Å². The normalized spacial score (nSPS) is 16.8. The molecule has 1 amide bonds. The first kappa shape index (κ1) is 20.2. The number of methoxy groups -OCH3 is 1. The molecule has 1 aromatic heterocycles. The number of ether oxygens (including phenoxy) is 2. The summed E-state index contributed by atoms with van der Waals surface area (Å²) in [5.41, 5.74) is 0.377. The van der Waals surface area contributed by atoms with Crippen molar-refractivity contribution in [2.45, 2.75) is 18.2 Å². The average Bonchev–Trinajstić information content (AvgIpc) is 3.16. The van der Waals surface area contributed by atoms with Crippen LogP contribution in [0.2, 0.25) is 0 Å². The van der Waals surface area contributed by atoms with Crippen LogP contribution in [0.5, 0.6) is 5.75 Å². The smallest absolute Gasteiger partial charge is 0.260 e. The van der Waals surface area contributed by atoms with Crippen LogP contribution < -0.4 is 10.1 Å². The zero-order valence-electron chi connectivity index (χ0n) is 15.6. The number of benzene rings is 1. The predicted octanol–water partition coefficient (Wildman–Crippen LogP) is 2.60. The predicted molar refractivity (Wildman–Crippen MR) is 101 cm³/mol. The number of hydrogen-bond donors (Lipinski definition) is 1. The van der Waals surface area contributed by atoms with E-state index >= 15 is 0 Å². The number of nitrogens with one attached hydrogen (secondary N) is 1. The molecule has 1 N–H and O–H groups in total. The largest absolute Gasteiger partial charge is 0.496 e. The molecule has 1 fully saturated rings. The zero-order valence-corrected chi connectivity index (χ0v) is 16.4. The van der Waals surface area contributed by atoms with Gasteiger partial charge in [-0.25, -0.2) is 17.8 Å². The average molecular weight is 408 g/mol. The molecule has 3 rings (SSSR count). The van der Waals surface area contributed by atoms with Gasteiger partial charge in [0.2, 0.25) is 0 Å². The van der Waals surface area contributed by atoms with Gasteiger partial charge >= 0.3 is 0 Å². The monoisotopic (exact) mass is 408 g/mol. The summed E-state index contributed by atoms with van der Waals surface area (Å²) in [4.78, 5) is 16.5. The van der Waals surface area contributed by atoms with Crippen LogP contribution in [0.25, 0.3) is 0 Å². The van der Waals surface area contributed by atoms with Gasteiger partial charge in [-0.15, -0.1) is 0 Å². The second-order valence-electron chi connectivity index (χ2n) is 6.65. The van der Waals surface area contributed by atoms with Gasteiger partial charge in [-0.1, -0.05) is 0 Å². The molecule has 0 spiro atoms. The fourth-order valence-electron chi connectivity index (χ4n) is 2.97. The number of halogens is 1. The van der Waals surface area contributed by atoms with E-state index in [-0.39, 0.29) is 33.7 Å². The summed E-state index contributed by atoms with van der Waals surface area (Å²) in [5.74, 6) is -0.812. The Morgan fingerprint density at radius 2 is 2.18 bits per heavy atom. The molecule has 0 bridgehead atoms. The molecule has 0 saturated carbocycles. The number of rotatable bonds is 6. The molecule has 1 saturated heterocycles. The minimum atomic E-state index is -3.59. The summed E-state index contributed by atoms with van der Waals surface area (Å²) in [6, 6.07) is 5.54. The van der Waals surface area contributed by atoms with Crippen molar-refractivity contribution < 1.29 is 27.1 Å². The van der Waals surface area contributed by atoms with Crippen LogP contribution in [0.15, 0.2) is 35.4 Å². The Balaban J connectivity index is 1.87. The summed E-state index contributed by atoms with van der Waals surface area (Å²) < 4.78 is 49.2. The summed E-state index contributed by atoms with van der Waals surface area (Å²) in [6.45, 7) is 2.52. The van der Waals surface area contributed by atoms with Crippen molar-refractivity contribution in [3.05, 3.63) is 47.4 Å². The van der Waals surface area contributed by atoms with Crippen LogP contribution in [0.1, 0.15) is 22.3 Å². The quantitative estimate of drug-likeness (QED) is 0.790. The molecule has 0 radical (unpaired) electrons. The first-order valence-electron chi connectivity index (χ1n) is 8.72. The van der Waals surface area contributed by atoms with E-state index in [0.29, 0.717) is 25.2 Å². The molecule has 9 heteroatoms. The molecule has 1 atom stereocenters. The van der Waals surface area contributed by atoms with Gasteiger partial charge in [0.15, 0.2) is 9.84 Å². The van der Waals surface area contributed by atoms with Gasteiger partial charge in [0, 0.05) is 6.61 Å². The number of pyridine rings is 1. The molecular formula is C19H21FN2O5S. The highest BCUT2D eigenvalue weighted by Crippen LogP contribution is 2.26. The van der Waals surface area contributed by atoms with E-state index in [1.807, 2.05) is 0 Å². The number of aryl methyl sites for hydroxylation is 1. The number of sulfone groups is 1. The highest BCUT2D eigenvalue weighted by Gasteiger charge is 2.26. The van der Waals surface area contributed by atoms with Crippen LogP contribution in [-0.4, -0.2) is 45.4 Å². The van der Waals surface area contributed by atoms with Gasteiger partial charge < -0.3 is 14.8 Å². The second kappa shape index (κ2) is 8.24. The van der Waals surface area contributed by atoms with Gasteiger partial charge in [0.05, 0.1) is 36.1 Å². The first-order valence-corrected chi connectivity index (χ1v) is 10.4. The lowest BCUT2D eigenvalue weighted by Crippen LogP contribution is -2.18. The highest BCUT2D eigenvalue weighted by atomic mass is 32.2. The molecule has 1 aromatic carbocycles. The Bertz CT molecular complexity index is 988. The third kappa shape index (κ3) is 4.48. The molecular weight excluding hydrogens is 387 g/mol. The maximum absolute atomic E-state index is 13.4. The minimum Gasteiger partial charge on any atom is -0.496 e. The van der Waals surface area contributed by atoms with Gasteiger partial charge in [0.25, 0.3) is 5.91 Å². The lowest BCUT2D eigenvalue weighted by atomic mass is 10.2. The molecule has 2 aromatic rings.